The second-order valence-electron chi connectivity index (χ2n) is 4.32. The molecular formula is C14H14Cl2N2O3. The number of aromatic nitrogens is 1. The minimum atomic E-state index is -0.539. The molecule has 1 aromatic heterocycles. The summed E-state index contributed by atoms with van der Waals surface area (Å²) < 4.78 is 5.31. The molecule has 0 saturated carbocycles. The number of halogens is 2. The third-order valence-corrected chi connectivity index (χ3v) is 3.71. The van der Waals surface area contributed by atoms with Gasteiger partial charge in [-0.15, -0.1) is 0 Å². The third kappa shape index (κ3) is 3.14. The Balaban J connectivity index is 2.56. The number of carbonyl (C=O) groups is 1. The zero-order chi connectivity index (χ0) is 15.6. The molecule has 0 aliphatic rings. The van der Waals surface area contributed by atoms with Crippen molar-refractivity contribution < 1.29 is 9.53 Å². The lowest BCUT2D eigenvalue weighted by Crippen LogP contribution is -2.33. The standard InChI is InChI=1S/C14H14Cl2N2O3/c1-3-18(4-2)14(20)21-10-7-11(19)17-13-9(16)6-5-8(15)12(10)13/h5-7H,3-4H2,1-2H3,(H,17,19). The molecule has 2 aromatic rings. The molecule has 1 aromatic carbocycles. The topological polar surface area (TPSA) is 62.4 Å². The number of hydrogen-bond acceptors (Lipinski definition) is 3. The predicted molar refractivity (Wildman–Crippen MR) is 83.5 cm³/mol. The van der Waals surface area contributed by atoms with E-state index in [1.54, 1.807) is 12.1 Å². The molecule has 0 aliphatic heterocycles. The Labute approximate surface area is 131 Å². The van der Waals surface area contributed by atoms with E-state index in [0.717, 1.165) is 0 Å². The molecule has 112 valence electrons. The fourth-order valence-corrected chi connectivity index (χ4v) is 2.44. The molecule has 0 radical (unpaired) electrons. The molecule has 0 aliphatic carbocycles. The van der Waals surface area contributed by atoms with Crippen molar-refractivity contribution in [1.82, 2.24) is 9.88 Å². The van der Waals surface area contributed by atoms with E-state index in [0.29, 0.717) is 34.0 Å². The predicted octanol–water partition coefficient (Wildman–Crippen LogP) is 3.68. The SMILES string of the molecule is CCN(CC)C(=O)Oc1cc(=O)[nH]c2c(Cl)ccc(Cl)c12. The summed E-state index contributed by atoms with van der Waals surface area (Å²) in [5.74, 6) is 0.0955. The van der Waals surface area contributed by atoms with E-state index in [9.17, 15) is 9.59 Å². The van der Waals surface area contributed by atoms with Gasteiger partial charge in [-0.25, -0.2) is 4.79 Å². The number of amides is 1. The maximum Gasteiger partial charge on any atom is 0.415 e. The Bertz CT molecular complexity index is 739. The molecule has 0 unspecified atom stereocenters. The van der Waals surface area contributed by atoms with Crippen LogP contribution < -0.4 is 10.3 Å². The minimum absolute atomic E-state index is 0.0955. The van der Waals surface area contributed by atoms with Gasteiger partial charge >= 0.3 is 6.09 Å². The van der Waals surface area contributed by atoms with Crippen molar-refractivity contribution in [3.63, 3.8) is 0 Å². The molecule has 0 atom stereocenters. The van der Waals surface area contributed by atoms with Crippen LogP contribution in [0.2, 0.25) is 10.0 Å². The smallest absolute Gasteiger partial charge is 0.409 e. The van der Waals surface area contributed by atoms with Crippen LogP contribution in [0.4, 0.5) is 4.79 Å². The van der Waals surface area contributed by atoms with Crippen LogP contribution in [0.5, 0.6) is 5.75 Å². The van der Waals surface area contributed by atoms with Crippen LogP contribution >= 0.6 is 23.2 Å². The summed E-state index contributed by atoms with van der Waals surface area (Å²) in [5.41, 5.74) is -0.0759. The van der Waals surface area contributed by atoms with Crippen LogP contribution in [0.15, 0.2) is 23.0 Å². The summed E-state index contributed by atoms with van der Waals surface area (Å²) in [4.78, 5) is 27.8. The summed E-state index contributed by atoms with van der Waals surface area (Å²) in [6.45, 7) is 4.69. The third-order valence-electron chi connectivity index (χ3n) is 3.08. The number of hydrogen-bond donors (Lipinski definition) is 1. The van der Waals surface area contributed by atoms with Crippen molar-refractivity contribution in [2.75, 3.05) is 13.1 Å². The molecule has 21 heavy (non-hydrogen) atoms. The molecule has 0 fully saturated rings. The van der Waals surface area contributed by atoms with E-state index in [-0.39, 0.29) is 5.75 Å². The lowest BCUT2D eigenvalue weighted by molar-refractivity contribution is 0.158. The summed E-state index contributed by atoms with van der Waals surface area (Å²) in [5, 5.41) is 1.07. The monoisotopic (exact) mass is 328 g/mol. The summed E-state index contributed by atoms with van der Waals surface area (Å²) in [7, 11) is 0. The van der Waals surface area contributed by atoms with Crippen molar-refractivity contribution in [3.05, 3.63) is 38.6 Å². The van der Waals surface area contributed by atoms with E-state index >= 15 is 0 Å². The van der Waals surface area contributed by atoms with Crippen molar-refractivity contribution in [2.24, 2.45) is 0 Å². The van der Waals surface area contributed by atoms with Crippen LogP contribution in [-0.2, 0) is 0 Å². The van der Waals surface area contributed by atoms with Gasteiger partial charge in [-0.1, -0.05) is 23.2 Å². The van der Waals surface area contributed by atoms with Gasteiger partial charge in [0.25, 0.3) is 5.56 Å². The molecule has 0 saturated heterocycles. The Morgan fingerprint density at radius 2 is 1.86 bits per heavy atom. The van der Waals surface area contributed by atoms with Crippen LogP contribution in [0, 0.1) is 0 Å². The maximum atomic E-state index is 12.0. The molecule has 1 heterocycles. The summed E-state index contributed by atoms with van der Waals surface area (Å²) in [6, 6.07) is 4.34. The number of nitrogens with zero attached hydrogens (tertiary/aromatic N) is 1. The Morgan fingerprint density at radius 3 is 2.48 bits per heavy atom. The zero-order valence-corrected chi connectivity index (χ0v) is 13.1. The first kappa shape index (κ1) is 15.7. The first-order valence-corrected chi connectivity index (χ1v) is 7.21. The Hall–Kier alpha value is -1.72. The normalized spacial score (nSPS) is 10.7. The molecule has 5 nitrogen and oxygen atoms in total. The second kappa shape index (κ2) is 6.37. The average molecular weight is 329 g/mol. The van der Waals surface area contributed by atoms with Crippen molar-refractivity contribution >= 4 is 40.2 Å². The van der Waals surface area contributed by atoms with Crippen LogP contribution in [0.1, 0.15) is 13.8 Å². The van der Waals surface area contributed by atoms with Crippen molar-refractivity contribution in [3.8, 4) is 5.75 Å². The van der Waals surface area contributed by atoms with Crippen LogP contribution in [0.3, 0.4) is 0 Å². The summed E-state index contributed by atoms with van der Waals surface area (Å²) in [6.07, 6.45) is -0.539. The molecule has 0 bridgehead atoms. The number of fused-ring (bicyclic) bond motifs is 1. The van der Waals surface area contributed by atoms with Gasteiger partial charge in [-0.3, -0.25) is 4.79 Å². The van der Waals surface area contributed by atoms with Crippen molar-refractivity contribution in [1.29, 1.82) is 0 Å². The largest absolute Gasteiger partial charge is 0.415 e. The number of benzene rings is 1. The van der Waals surface area contributed by atoms with Gasteiger partial charge in [0.15, 0.2) is 0 Å². The number of ether oxygens (including phenoxy) is 1. The molecule has 1 N–H and O–H groups in total. The quantitative estimate of drug-likeness (QED) is 0.934. The highest BCUT2D eigenvalue weighted by Gasteiger charge is 2.17. The van der Waals surface area contributed by atoms with Crippen molar-refractivity contribution in [2.45, 2.75) is 13.8 Å². The lowest BCUT2D eigenvalue weighted by Gasteiger charge is -2.18. The molecular weight excluding hydrogens is 315 g/mol. The fraction of sp³-hybridized carbons (Fsp3) is 0.286. The highest BCUT2D eigenvalue weighted by Crippen LogP contribution is 2.34. The minimum Gasteiger partial charge on any atom is -0.409 e. The number of rotatable bonds is 3. The average Bonchev–Trinajstić information content (AvgIpc) is 2.44. The second-order valence-corrected chi connectivity index (χ2v) is 5.13. The van der Waals surface area contributed by atoms with E-state index in [1.807, 2.05) is 13.8 Å². The fourth-order valence-electron chi connectivity index (χ4n) is 1.99. The highest BCUT2D eigenvalue weighted by molar-refractivity contribution is 6.40. The Morgan fingerprint density at radius 1 is 1.24 bits per heavy atom. The first-order chi connectivity index (χ1) is 9.97. The first-order valence-electron chi connectivity index (χ1n) is 6.45. The highest BCUT2D eigenvalue weighted by atomic mass is 35.5. The molecule has 1 amide bonds. The number of H-pyrrole nitrogens is 1. The van der Waals surface area contributed by atoms with Gasteiger partial charge in [-0.05, 0) is 26.0 Å². The zero-order valence-electron chi connectivity index (χ0n) is 11.6. The van der Waals surface area contributed by atoms with E-state index in [1.165, 1.54) is 11.0 Å². The molecule has 7 heteroatoms. The maximum absolute atomic E-state index is 12.0. The van der Waals surface area contributed by atoms with Gasteiger partial charge in [0.2, 0.25) is 0 Å². The van der Waals surface area contributed by atoms with Gasteiger partial charge in [0.05, 0.1) is 20.9 Å². The van der Waals surface area contributed by atoms with Gasteiger partial charge in [-0.2, -0.15) is 0 Å². The van der Waals surface area contributed by atoms with E-state index in [2.05, 4.69) is 4.98 Å². The van der Waals surface area contributed by atoms with Crippen LogP contribution in [-0.4, -0.2) is 29.1 Å². The van der Waals surface area contributed by atoms with Gasteiger partial charge in [0, 0.05) is 19.2 Å². The van der Waals surface area contributed by atoms with E-state index < -0.39 is 11.7 Å². The number of pyridine rings is 1. The number of carbonyl (C=O) groups excluding carboxylic acids is 1. The van der Waals surface area contributed by atoms with Gasteiger partial charge in [0.1, 0.15) is 5.75 Å². The van der Waals surface area contributed by atoms with E-state index in [4.69, 9.17) is 27.9 Å². The van der Waals surface area contributed by atoms with Crippen LogP contribution in [0.25, 0.3) is 10.9 Å². The summed E-state index contributed by atoms with van der Waals surface area (Å²) >= 11 is 12.2. The number of aromatic amines is 1. The Kier molecular flexibility index (Phi) is 4.75. The van der Waals surface area contributed by atoms with Gasteiger partial charge < -0.3 is 14.6 Å². The number of nitrogens with one attached hydrogen (secondary N) is 1. The molecule has 2 rings (SSSR count). The molecule has 0 spiro atoms. The lowest BCUT2D eigenvalue weighted by atomic mass is 10.2.